The van der Waals surface area contributed by atoms with Gasteiger partial charge in [-0.25, -0.2) is 0 Å². The summed E-state index contributed by atoms with van der Waals surface area (Å²) in [7, 11) is 0. The molecule has 0 aromatic carbocycles. The van der Waals surface area contributed by atoms with Crippen LogP contribution in [-0.2, 0) is 0 Å². The van der Waals surface area contributed by atoms with E-state index in [1.54, 1.807) is 29.4 Å². The van der Waals surface area contributed by atoms with Crippen LogP contribution in [0.25, 0.3) is 0 Å². The zero-order valence-corrected chi connectivity index (χ0v) is 10.2. The summed E-state index contributed by atoms with van der Waals surface area (Å²) in [5.41, 5.74) is 6.07. The standard InChI is InChI=1S/C11H15N3OS/c1-8(2)14(7-10(12)16)11(15)9-3-5-13-6-4-9/h3-6,8H,7H2,1-2H3,(H2,12,16). The van der Waals surface area contributed by atoms with Crippen molar-refractivity contribution in [1.82, 2.24) is 9.88 Å². The van der Waals surface area contributed by atoms with Crippen LogP contribution in [0.1, 0.15) is 24.2 Å². The predicted octanol–water partition coefficient (Wildman–Crippen LogP) is 1.22. The number of thiocarbonyl (C=S) groups is 1. The average Bonchev–Trinajstić information content (AvgIpc) is 2.25. The van der Waals surface area contributed by atoms with Crippen LogP contribution in [0.4, 0.5) is 0 Å². The Morgan fingerprint density at radius 2 is 2.06 bits per heavy atom. The van der Waals surface area contributed by atoms with Crippen molar-refractivity contribution < 1.29 is 4.79 Å². The molecule has 5 heteroatoms. The fraction of sp³-hybridized carbons (Fsp3) is 0.364. The zero-order valence-electron chi connectivity index (χ0n) is 9.38. The summed E-state index contributed by atoms with van der Waals surface area (Å²) in [6.07, 6.45) is 3.18. The number of amides is 1. The van der Waals surface area contributed by atoms with Crippen molar-refractivity contribution in [2.45, 2.75) is 19.9 Å². The van der Waals surface area contributed by atoms with Gasteiger partial charge in [0.15, 0.2) is 0 Å². The lowest BCUT2D eigenvalue weighted by Gasteiger charge is -2.26. The number of carbonyl (C=O) groups excluding carboxylic acids is 1. The van der Waals surface area contributed by atoms with E-state index in [0.717, 1.165) is 0 Å². The Balaban J connectivity index is 2.88. The van der Waals surface area contributed by atoms with Gasteiger partial charge in [-0.15, -0.1) is 0 Å². The summed E-state index contributed by atoms with van der Waals surface area (Å²) in [6.45, 7) is 4.16. The van der Waals surface area contributed by atoms with Crippen LogP contribution in [-0.4, -0.2) is 33.4 Å². The Hall–Kier alpha value is -1.49. The van der Waals surface area contributed by atoms with E-state index >= 15 is 0 Å². The normalized spacial score (nSPS) is 10.2. The molecule has 0 saturated heterocycles. The van der Waals surface area contributed by atoms with Crippen LogP contribution in [0.3, 0.4) is 0 Å². The molecule has 1 aromatic heterocycles. The Kier molecular flexibility index (Phi) is 4.37. The minimum atomic E-state index is -0.0785. The Labute approximate surface area is 100 Å². The summed E-state index contributed by atoms with van der Waals surface area (Å²) in [6, 6.07) is 3.41. The van der Waals surface area contributed by atoms with E-state index in [2.05, 4.69) is 4.98 Å². The summed E-state index contributed by atoms with van der Waals surface area (Å²) in [5.74, 6) is -0.0785. The molecule has 0 fully saturated rings. The third-order valence-electron chi connectivity index (χ3n) is 2.14. The molecule has 4 nitrogen and oxygen atoms in total. The number of hydrogen-bond donors (Lipinski definition) is 1. The highest BCUT2D eigenvalue weighted by molar-refractivity contribution is 7.80. The van der Waals surface area contributed by atoms with Gasteiger partial charge in [-0.1, -0.05) is 12.2 Å². The van der Waals surface area contributed by atoms with Crippen LogP contribution in [0, 0.1) is 0 Å². The molecule has 0 atom stereocenters. The first kappa shape index (κ1) is 12.6. The Morgan fingerprint density at radius 3 is 2.50 bits per heavy atom. The monoisotopic (exact) mass is 237 g/mol. The Morgan fingerprint density at radius 1 is 1.50 bits per heavy atom. The minimum absolute atomic E-state index is 0.0576. The van der Waals surface area contributed by atoms with Crippen molar-refractivity contribution in [1.29, 1.82) is 0 Å². The highest BCUT2D eigenvalue weighted by Gasteiger charge is 2.18. The third kappa shape index (κ3) is 3.27. The molecule has 2 N–H and O–H groups in total. The van der Waals surface area contributed by atoms with Crippen LogP contribution in [0.2, 0.25) is 0 Å². The number of hydrogen-bond acceptors (Lipinski definition) is 3. The molecule has 1 rings (SSSR count). The van der Waals surface area contributed by atoms with E-state index in [9.17, 15) is 4.79 Å². The summed E-state index contributed by atoms with van der Waals surface area (Å²) in [4.78, 5) is 17.9. The van der Waals surface area contributed by atoms with Gasteiger partial charge in [-0.2, -0.15) is 0 Å². The van der Waals surface area contributed by atoms with E-state index in [4.69, 9.17) is 18.0 Å². The van der Waals surface area contributed by atoms with E-state index in [1.165, 1.54) is 0 Å². The topological polar surface area (TPSA) is 59.2 Å². The van der Waals surface area contributed by atoms with Gasteiger partial charge < -0.3 is 10.6 Å². The second kappa shape index (κ2) is 5.55. The van der Waals surface area contributed by atoms with Crippen LogP contribution in [0.5, 0.6) is 0 Å². The number of aromatic nitrogens is 1. The van der Waals surface area contributed by atoms with Crippen molar-refractivity contribution in [2.75, 3.05) is 6.54 Å². The van der Waals surface area contributed by atoms with Crippen molar-refractivity contribution in [3.63, 3.8) is 0 Å². The predicted molar refractivity (Wildman–Crippen MR) is 67.2 cm³/mol. The summed E-state index contributed by atoms with van der Waals surface area (Å²) in [5, 5.41) is 0. The molecule has 1 heterocycles. The summed E-state index contributed by atoms with van der Waals surface area (Å²) >= 11 is 4.83. The van der Waals surface area contributed by atoms with Gasteiger partial charge in [0.25, 0.3) is 5.91 Å². The lowest BCUT2D eigenvalue weighted by molar-refractivity contribution is 0.0736. The molecule has 0 aliphatic rings. The van der Waals surface area contributed by atoms with Gasteiger partial charge in [0, 0.05) is 24.0 Å². The second-order valence-corrected chi connectivity index (χ2v) is 4.25. The molecule has 0 aliphatic carbocycles. The molecule has 1 amide bonds. The first-order valence-electron chi connectivity index (χ1n) is 5.01. The van der Waals surface area contributed by atoms with Crippen LogP contribution < -0.4 is 5.73 Å². The molecule has 0 unspecified atom stereocenters. The quantitative estimate of drug-likeness (QED) is 0.800. The lowest BCUT2D eigenvalue weighted by atomic mass is 10.2. The smallest absolute Gasteiger partial charge is 0.254 e. The van der Waals surface area contributed by atoms with Crippen molar-refractivity contribution in [3.05, 3.63) is 30.1 Å². The van der Waals surface area contributed by atoms with E-state index < -0.39 is 0 Å². The zero-order chi connectivity index (χ0) is 12.1. The number of nitrogens with two attached hydrogens (primary N) is 1. The average molecular weight is 237 g/mol. The third-order valence-corrected chi connectivity index (χ3v) is 2.27. The van der Waals surface area contributed by atoms with E-state index in [-0.39, 0.29) is 11.9 Å². The highest BCUT2D eigenvalue weighted by Crippen LogP contribution is 2.07. The molecule has 0 aliphatic heterocycles. The molecule has 0 spiro atoms. The molecule has 0 radical (unpaired) electrons. The molecule has 0 bridgehead atoms. The molecular weight excluding hydrogens is 222 g/mol. The van der Waals surface area contributed by atoms with Gasteiger partial charge in [0.1, 0.15) is 0 Å². The minimum Gasteiger partial charge on any atom is -0.392 e. The highest BCUT2D eigenvalue weighted by atomic mass is 32.1. The number of pyridine rings is 1. The molecule has 16 heavy (non-hydrogen) atoms. The fourth-order valence-corrected chi connectivity index (χ4v) is 1.46. The largest absolute Gasteiger partial charge is 0.392 e. The maximum atomic E-state index is 12.1. The van der Waals surface area contributed by atoms with Crippen molar-refractivity contribution >= 4 is 23.1 Å². The maximum absolute atomic E-state index is 12.1. The van der Waals surface area contributed by atoms with Crippen LogP contribution >= 0.6 is 12.2 Å². The van der Waals surface area contributed by atoms with E-state index in [1.807, 2.05) is 13.8 Å². The first-order chi connectivity index (χ1) is 7.52. The van der Waals surface area contributed by atoms with E-state index in [0.29, 0.717) is 17.1 Å². The number of nitrogens with zero attached hydrogens (tertiary/aromatic N) is 2. The number of rotatable bonds is 4. The van der Waals surface area contributed by atoms with Gasteiger partial charge in [-0.05, 0) is 26.0 Å². The maximum Gasteiger partial charge on any atom is 0.254 e. The first-order valence-corrected chi connectivity index (χ1v) is 5.42. The second-order valence-electron chi connectivity index (χ2n) is 3.73. The Bertz CT molecular complexity index is 378. The van der Waals surface area contributed by atoms with Gasteiger partial charge in [0.2, 0.25) is 0 Å². The van der Waals surface area contributed by atoms with Gasteiger partial charge >= 0.3 is 0 Å². The lowest BCUT2D eigenvalue weighted by Crippen LogP contribution is -2.42. The number of carbonyl (C=O) groups is 1. The fourth-order valence-electron chi connectivity index (χ4n) is 1.32. The van der Waals surface area contributed by atoms with Crippen molar-refractivity contribution in [2.24, 2.45) is 5.73 Å². The SMILES string of the molecule is CC(C)N(CC(N)=S)C(=O)c1ccncc1. The van der Waals surface area contributed by atoms with Crippen molar-refractivity contribution in [3.8, 4) is 0 Å². The van der Waals surface area contributed by atoms with Gasteiger partial charge in [0.05, 0.1) is 11.5 Å². The molecular formula is C11H15N3OS. The van der Waals surface area contributed by atoms with Gasteiger partial charge in [-0.3, -0.25) is 9.78 Å². The molecule has 86 valence electrons. The van der Waals surface area contributed by atoms with Crippen LogP contribution in [0.15, 0.2) is 24.5 Å². The summed E-state index contributed by atoms with van der Waals surface area (Å²) < 4.78 is 0. The molecule has 1 aromatic rings. The molecule has 0 saturated carbocycles.